The minimum Gasteiger partial charge on any atom is -0.412 e. The second-order valence-electron chi connectivity index (χ2n) is 5.90. The maximum Gasteiger partial charge on any atom is 0.265 e. The fraction of sp³-hybridized carbons (Fsp3) is 0.412. The monoisotopic (exact) mass is 334 g/mol. The van der Waals surface area contributed by atoms with E-state index in [4.69, 9.17) is 5.84 Å². The van der Waals surface area contributed by atoms with Crippen LogP contribution in [0, 0.1) is 18.8 Å². The van der Waals surface area contributed by atoms with E-state index >= 15 is 0 Å². The second-order valence-corrected chi connectivity index (χ2v) is 5.90. The molecule has 0 saturated heterocycles. The van der Waals surface area contributed by atoms with Crippen molar-refractivity contribution in [2.75, 3.05) is 0 Å². The highest BCUT2D eigenvalue weighted by Gasteiger charge is 2.48. The molecule has 7 nitrogen and oxygen atoms in total. The van der Waals surface area contributed by atoms with Gasteiger partial charge in [-0.05, 0) is 31.9 Å². The van der Waals surface area contributed by atoms with Crippen molar-refractivity contribution >= 4 is 23.3 Å². The third kappa shape index (κ3) is 4.12. The molecule has 2 atom stereocenters. The van der Waals surface area contributed by atoms with Gasteiger partial charge in [0, 0.05) is 17.4 Å². The van der Waals surface area contributed by atoms with Crippen molar-refractivity contribution in [1.82, 2.24) is 5.43 Å². The van der Waals surface area contributed by atoms with Gasteiger partial charge in [0.05, 0.1) is 0 Å². The summed E-state index contributed by atoms with van der Waals surface area (Å²) in [4.78, 5) is 44.3. The maximum atomic E-state index is 11.2. The second kappa shape index (κ2) is 8.47. The van der Waals surface area contributed by atoms with Gasteiger partial charge in [-0.15, -0.1) is 0 Å². The lowest BCUT2D eigenvalue weighted by Gasteiger charge is -2.20. The topological polar surface area (TPSA) is 138 Å². The van der Waals surface area contributed by atoms with Gasteiger partial charge in [0.25, 0.3) is 11.7 Å². The van der Waals surface area contributed by atoms with Gasteiger partial charge in [-0.25, -0.2) is 5.84 Å². The first-order chi connectivity index (χ1) is 11.0. The van der Waals surface area contributed by atoms with Crippen LogP contribution in [0.15, 0.2) is 24.3 Å². The van der Waals surface area contributed by atoms with Gasteiger partial charge < -0.3 is 5.48 Å². The molecule has 130 valence electrons. The van der Waals surface area contributed by atoms with E-state index in [1.54, 1.807) is 12.1 Å². The molecule has 3 rings (SSSR count). The van der Waals surface area contributed by atoms with Crippen LogP contribution in [0.1, 0.15) is 41.6 Å². The summed E-state index contributed by atoms with van der Waals surface area (Å²) in [5, 5.41) is 0. The number of rotatable bonds is 1. The molecule has 1 amide bonds. The highest BCUT2D eigenvalue weighted by Crippen LogP contribution is 2.36. The highest BCUT2D eigenvalue weighted by atomic mass is 16.2. The molecule has 2 unspecified atom stereocenters. The summed E-state index contributed by atoms with van der Waals surface area (Å²) in [5.74, 6) is 2.60. The molecule has 2 saturated carbocycles. The predicted octanol–water partition coefficient (Wildman–Crippen LogP) is 0.288. The first-order valence-corrected chi connectivity index (χ1v) is 7.65. The van der Waals surface area contributed by atoms with E-state index in [1.807, 2.05) is 19.1 Å². The van der Waals surface area contributed by atoms with Crippen LogP contribution < -0.4 is 11.3 Å². The van der Waals surface area contributed by atoms with E-state index in [9.17, 15) is 19.2 Å². The normalized spacial score (nSPS) is 22.0. The number of aryl methyl sites for hydroxylation is 1. The number of hydrogen-bond acceptors (Lipinski definition) is 5. The van der Waals surface area contributed by atoms with Gasteiger partial charge in [0.15, 0.2) is 0 Å². The molecule has 24 heavy (non-hydrogen) atoms. The standard InChI is InChI=1S/C9H10O3.C8H10N2O.H2O/c10-7-5-3-1-2-4-6(5)8(11)9(7)12;1-6-3-2-4-7(5-6)8(11)10-9;/h5-6H,1-4H2;2-5H,9H2,1H3,(H,10,11);1H2. The summed E-state index contributed by atoms with van der Waals surface area (Å²) in [5.41, 5.74) is 3.71. The van der Waals surface area contributed by atoms with Crippen LogP contribution in [0.5, 0.6) is 0 Å². The molecule has 2 aliphatic rings. The number of nitrogen functional groups attached to an aromatic ring is 1. The zero-order valence-electron chi connectivity index (χ0n) is 13.5. The number of fused-ring (bicyclic) bond motifs is 1. The Kier molecular flexibility index (Phi) is 6.94. The molecule has 2 fully saturated rings. The van der Waals surface area contributed by atoms with Crippen molar-refractivity contribution in [3.8, 4) is 0 Å². The molecule has 5 N–H and O–H groups in total. The van der Waals surface area contributed by atoms with Crippen LogP contribution in [0.3, 0.4) is 0 Å². The number of Topliss-reactive ketones (excluding diaryl/α,β-unsaturated/α-hetero) is 3. The van der Waals surface area contributed by atoms with Crippen molar-refractivity contribution in [3.05, 3.63) is 35.4 Å². The summed E-state index contributed by atoms with van der Waals surface area (Å²) in [6.07, 6.45) is 3.43. The fourth-order valence-electron chi connectivity index (χ4n) is 3.09. The van der Waals surface area contributed by atoms with Crippen molar-refractivity contribution in [2.24, 2.45) is 17.7 Å². The first-order valence-electron chi connectivity index (χ1n) is 7.65. The number of hydrazine groups is 1. The quantitative estimate of drug-likeness (QED) is 0.329. The van der Waals surface area contributed by atoms with E-state index in [0.29, 0.717) is 5.56 Å². The van der Waals surface area contributed by atoms with E-state index in [2.05, 4.69) is 5.43 Å². The van der Waals surface area contributed by atoms with Gasteiger partial charge in [0.2, 0.25) is 11.6 Å². The largest absolute Gasteiger partial charge is 0.412 e. The first kappa shape index (κ1) is 19.7. The zero-order chi connectivity index (χ0) is 17.0. The predicted molar refractivity (Wildman–Crippen MR) is 86.9 cm³/mol. The number of benzene rings is 1. The summed E-state index contributed by atoms with van der Waals surface area (Å²) >= 11 is 0. The van der Waals surface area contributed by atoms with Crippen LogP contribution in [0.2, 0.25) is 0 Å². The number of carbonyl (C=O) groups is 4. The molecule has 1 aromatic rings. The zero-order valence-corrected chi connectivity index (χ0v) is 13.5. The van der Waals surface area contributed by atoms with E-state index in [0.717, 1.165) is 31.2 Å². The Balaban J connectivity index is 0.000000232. The summed E-state index contributed by atoms with van der Waals surface area (Å²) in [6.45, 7) is 1.92. The molecule has 1 aromatic carbocycles. The van der Waals surface area contributed by atoms with E-state index in [-0.39, 0.29) is 23.2 Å². The van der Waals surface area contributed by atoms with Crippen LogP contribution in [-0.2, 0) is 14.4 Å². The lowest BCUT2D eigenvalue weighted by atomic mass is 9.81. The number of hydrogen-bond donors (Lipinski definition) is 2. The Bertz CT molecular complexity index is 630. The minimum atomic E-state index is -0.744. The molecule has 0 radical (unpaired) electrons. The maximum absolute atomic E-state index is 11.2. The molecule has 0 aliphatic heterocycles. The summed E-state index contributed by atoms with van der Waals surface area (Å²) < 4.78 is 0. The molecule has 2 aliphatic carbocycles. The number of amides is 1. The molecular weight excluding hydrogens is 312 g/mol. The van der Waals surface area contributed by atoms with Gasteiger partial charge in [0.1, 0.15) is 0 Å². The van der Waals surface area contributed by atoms with Gasteiger partial charge in [-0.2, -0.15) is 0 Å². The van der Waals surface area contributed by atoms with Crippen LogP contribution in [0.4, 0.5) is 0 Å². The Hall–Kier alpha value is -2.38. The van der Waals surface area contributed by atoms with Gasteiger partial charge in [-0.1, -0.05) is 30.5 Å². The Morgan fingerprint density at radius 1 is 1.08 bits per heavy atom. The van der Waals surface area contributed by atoms with Gasteiger partial charge >= 0.3 is 0 Å². The van der Waals surface area contributed by atoms with E-state index < -0.39 is 17.3 Å². The number of nitrogens with one attached hydrogen (secondary N) is 1. The van der Waals surface area contributed by atoms with Crippen LogP contribution >= 0.6 is 0 Å². The van der Waals surface area contributed by atoms with Crippen LogP contribution in [0.25, 0.3) is 0 Å². The Morgan fingerprint density at radius 3 is 2.08 bits per heavy atom. The fourth-order valence-corrected chi connectivity index (χ4v) is 3.09. The third-order valence-electron chi connectivity index (χ3n) is 4.30. The van der Waals surface area contributed by atoms with E-state index in [1.165, 1.54) is 0 Å². The van der Waals surface area contributed by atoms with Gasteiger partial charge in [-0.3, -0.25) is 24.6 Å². The molecule has 0 aromatic heterocycles. The molecule has 0 bridgehead atoms. The minimum absolute atomic E-state index is 0. The van der Waals surface area contributed by atoms with Crippen molar-refractivity contribution in [3.63, 3.8) is 0 Å². The van der Waals surface area contributed by atoms with Crippen LogP contribution in [-0.4, -0.2) is 28.7 Å². The Labute approximate surface area is 139 Å². The van der Waals surface area contributed by atoms with Crippen molar-refractivity contribution in [1.29, 1.82) is 0 Å². The highest BCUT2D eigenvalue weighted by molar-refractivity contribution is 6.68. The molecule has 0 spiro atoms. The third-order valence-corrected chi connectivity index (χ3v) is 4.30. The smallest absolute Gasteiger partial charge is 0.265 e. The number of carbonyl (C=O) groups excluding carboxylic acids is 4. The average Bonchev–Trinajstić information content (AvgIpc) is 2.80. The summed E-state index contributed by atoms with van der Waals surface area (Å²) in [6, 6.07) is 7.24. The summed E-state index contributed by atoms with van der Waals surface area (Å²) in [7, 11) is 0. The molecular formula is C17H22N2O5. The molecule has 7 heteroatoms. The average molecular weight is 334 g/mol. The van der Waals surface area contributed by atoms with Crippen molar-refractivity contribution < 1.29 is 24.7 Å². The SMILES string of the molecule is Cc1cccc(C(=O)NN)c1.O.O=C1C(=O)C2CCCCC2C1=O. The van der Waals surface area contributed by atoms with Crippen molar-refractivity contribution in [2.45, 2.75) is 32.6 Å². The number of ketones is 3. The Morgan fingerprint density at radius 2 is 1.62 bits per heavy atom. The molecule has 0 heterocycles. The number of nitrogens with two attached hydrogens (primary N) is 1. The lowest BCUT2D eigenvalue weighted by Crippen LogP contribution is -2.29. The lowest BCUT2D eigenvalue weighted by molar-refractivity contribution is -0.141.